The maximum absolute atomic E-state index is 12.4. The van der Waals surface area contributed by atoms with E-state index in [4.69, 9.17) is 9.84 Å². The molecule has 0 aromatic heterocycles. The van der Waals surface area contributed by atoms with E-state index in [0.29, 0.717) is 0 Å². The van der Waals surface area contributed by atoms with Gasteiger partial charge in [-0.1, -0.05) is 44.2 Å². The Hall–Kier alpha value is -3.10. The molecule has 2 atom stereocenters. The zero-order valence-electron chi connectivity index (χ0n) is 15.9. The molecule has 0 aliphatic heterocycles. The molecule has 0 unspecified atom stereocenters. The van der Waals surface area contributed by atoms with Crippen LogP contribution in [0.1, 0.15) is 38.7 Å². The molecule has 28 heavy (non-hydrogen) atoms. The van der Waals surface area contributed by atoms with E-state index in [1.807, 2.05) is 19.9 Å². The van der Waals surface area contributed by atoms with Crippen LogP contribution in [0.25, 0.3) is 0 Å². The SMILES string of the molecule is CC(C)C[C@H](NC(=O)[C@H](CCC(=O)O)NC(=O)OCc1ccccc1)C(=O)O. The highest BCUT2D eigenvalue weighted by Crippen LogP contribution is 2.07. The zero-order valence-corrected chi connectivity index (χ0v) is 15.9. The number of carboxylic acids is 2. The van der Waals surface area contributed by atoms with Gasteiger partial charge in [0.05, 0.1) is 0 Å². The Bertz CT molecular complexity index is 676. The second-order valence-corrected chi connectivity index (χ2v) is 6.72. The van der Waals surface area contributed by atoms with Crippen LogP contribution in [-0.4, -0.2) is 46.2 Å². The molecule has 9 nitrogen and oxygen atoms in total. The largest absolute Gasteiger partial charge is 0.481 e. The fourth-order valence-electron chi connectivity index (χ4n) is 2.41. The average Bonchev–Trinajstić information content (AvgIpc) is 2.63. The molecule has 1 aromatic carbocycles. The highest BCUT2D eigenvalue weighted by molar-refractivity contribution is 5.89. The van der Waals surface area contributed by atoms with E-state index in [9.17, 15) is 24.3 Å². The van der Waals surface area contributed by atoms with Crippen molar-refractivity contribution >= 4 is 23.9 Å². The Kier molecular flexibility index (Phi) is 9.49. The van der Waals surface area contributed by atoms with E-state index >= 15 is 0 Å². The summed E-state index contributed by atoms with van der Waals surface area (Å²) in [5.74, 6) is -3.10. The molecule has 2 amide bonds. The lowest BCUT2D eigenvalue weighted by molar-refractivity contribution is -0.143. The second kappa shape index (κ2) is 11.6. The van der Waals surface area contributed by atoms with Crippen molar-refractivity contribution in [2.75, 3.05) is 0 Å². The van der Waals surface area contributed by atoms with Crippen molar-refractivity contribution < 1.29 is 34.1 Å². The number of ether oxygens (including phenoxy) is 1. The molecule has 4 N–H and O–H groups in total. The Morgan fingerprint density at radius 1 is 1.00 bits per heavy atom. The number of benzene rings is 1. The van der Waals surface area contributed by atoms with Crippen LogP contribution in [0.5, 0.6) is 0 Å². The summed E-state index contributed by atoms with van der Waals surface area (Å²) in [6.07, 6.45) is -1.27. The van der Waals surface area contributed by atoms with Gasteiger partial charge in [-0.25, -0.2) is 9.59 Å². The van der Waals surface area contributed by atoms with Crippen molar-refractivity contribution in [2.24, 2.45) is 5.92 Å². The van der Waals surface area contributed by atoms with Crippen LogP contribution in [0.4, 0.5) is 4.79 Å². The summed E-state index contributed by atoms with van der Waals surface area (Å²) in [7, 11) is 0. The van der Waals surface area contributed by atoms with Gasteiger partial charge in [-0.15, -0.1) is 0 Å². The molecule has 0 saturated heterocycles. The van der Waals surface area contributed by atoms with Crippen LogP contribution in [-0.2, 0) is 25.7 Å². The van der Waals surface area contributed by atoms with Gasteiger partial charge in [0.25, 0.3) is 0 Å². The first-order valence-electron chi connectivity index (χ1n) is 8.91. The van der Waals surface area contributed by atoms with Gasteiger partial charge in [0, 0.05) is 6.42 Å². The number of hydrogen-bond donors (Lipinski definition) is 4. The van der Waals surface area contributed by atoms with Crippen LogP contribution < -0.4 is 10.6 Å². The van der Waals surface area contributed by atoms with Crippen molar-refractivity contribution in [2.45, 2.75) is 51.8 Å². The molecular weight excluding hydrogens is 368 g/mol. The third-order valence-electron chi connectivity index (χ3n) is 3.79. The van der Waals surface area contributed by atoms with Gasteiger partial charge < -0.3 is 25.6 Å². The molecular formula is C19H26N2O7. The molecule has 154 valence electrons. The first-order chi connectivity index (χ1) is 13.2. The number of carbonyl (C=O) groups is 4. The van der Waals surface area contributed by atoms with Gasteiger partial charge in [0.15, 0.2) is 0 Å². The Balaban J connectivity index is 2.71. The third-order valence-corrected chi connectivity index (χ3v) is 3.79. The fraction of sp³-hybridized carbons (Fsp3) is 0.474. The minimum atomic E-state index is -1.23. The zero-order chi connectivity index (χ0) is 21.1. The monoisotopic (exact) mass is 394 g/mol. The minimum absolute atomic E-state index is 0.0164. The predicted octanol–water partition coefficient (Wildman–Crippen LogP) is 1.76. The number of amides is 2. The summed E-state index contributed by atoms with van der Waals surface area (Å²) in [5.41, 5.74) is 0.743. The van der Waals surface area contributed by atoms with E-state index in [0.717, 1.165) is 5.56 Å². The maximum atomic E-state index is 12.4. The Labute approximate surface area is 163 Å². The lowest BCUT2D eigenvalue weighted by Crippen LogP contribution is -2.52. The number of carboxylic acid groups (broad SMARTS) is 2. The quantitative estimate of drug-likeness (QED) is 0.448. The van der Waals surface area contributed by atoms with Gasteiger partial charge in [-0.05, 0) is 24.3 Å². The Morgan fingerprint density at radius 2 is 1.64 bits per heavy atom. The first-order valence-corrected chi connectivity index (χ1v) is 8.91. The van der Waals surface area contributed by atoms with Gasteiger partial charge in [-0.2, -0.15) is 0 Å². The minimum Gasteiger partial charge on any atom is -0.481 e. The summed E-state index contributed by atoms with van der Waals surface area (Å²) in [6, 6.07) is 6.51. The lowest BCUT2D eigenvalue weighted by atomic mass is 10.0. The van der Waals surface area contributed by atoms with Crippen molar-refractivity contribution in [1.29, 1.82) is 0 Å². The smallest absolute Gasteiger partial charge is 0.408 e. The molecule has 0 radical (unpaired) electrons. The topological polar surface area (TPSA) is 142 Å². The fourth-order valence-corrected chi connectivity index (χ4v) is 2.41. The first kappa shape index (κ1) is 22.9. The van der Waals surface area contributed by atoms with Gasteiger partial charge >= 0.3 is 18.0 Å². The predicted molar refractivity (Wildman–Crippen MR) is 99.4 cm³/mol. The molecule has 1 aromatic rings. The van der Waals surface area contributed by atoms with Crippen LogP contribution >= 0.6 is 0 Å². The number of alkyl carbamates (subject to hydrolysis) is 1. The van der Waals surface area contributed by atoms with Crippen LogP contribution in [0.15, 0.2) is 30.3 Å². The van der Waals surface area contributed by atoms with E-state index in [2.05, 4.69) is 10.6 Å². The van der Waals surface area contributed by atoms with Crippen LogP contribution in [0.2, 0.25) is 0 Å². The molecule has 0 fully saturated rings. The molecule has 9 heteroatoms. The van der Waals surface area contributed by atoms with Gasteiger partial charge in [-0.3, -0.25) is 9.59 Å². The third kappa shape index (κ3) is 9.02. The normalized spacial score (nSPS) is 12.7. The number of aliphatic carboxylic acids is 2. The molecule has 1 rings (SSSR count). The second-order valence-electron chi connectivity index (χ2n) is 6.72. The molecule has 0 aliphatic carbocycles. The summed E-state index contributed by atoms with van der Waals surface area (Å²) in [4.78, 5) is 46.6. The molecule has 0 spiro atoms. The molecule has 0 aliphatic rings. The molecule has 0 saturated carbocycles. The summed E-state index contributed by atoms with van der Waals surface area (Å²) >= 11 is 0. The average molecular weight is 394 g/mol. The number of rotatable bonds is 11. The van der Waals surface area contributed by atoms with Crippen LogP contribution in [0, 0.1) is 5.92 Å². The standard InChI is InChI=1S/C19H26N2O7/c1-12(2)10-15(18(25)26)20-17(24)14(8-9-16(22)23)21-19(27)28-11-13-6-4-3-5-7-13/h3-7,12,14-15H,8-11H2,1-2H3,(H,20,24)(H,21,27)(H,22,23)(H,25,26)/t14-,15-/m0/s1. The van der Waals surface area contributed by atoms with Crippen molar-refractivity contribution in [3.8, 4) is 0 Å². The summed E-state index contributed by atoms with van der Waals surface area (Å²) in [5, 5.41) is 22.8. The molecule has 0 heterocycles. The molecule has 0 bridgehead atoms. The summed E-state index contributed by atoms with van der Waals surface area (Å²) in [6.45, 7) is 3.59. The van der Waals surface area contributed by atoms with E-state index in [1.165, 1.54) is 0 Å². The lowest BCUT2D eigenvalue weighted by Gasteiger charge is -2.22. The van der Waals surface area contributed by atoms with Crippen molar-refractivity contribution in [3.63, 3.8) is 0 Å². The van der Waals surface area contributed by atoms with Crippen LogP contribution in [0.3, 0.4) is 0 Å². The highest BCUT2D eigenvalue weighted by atomic mass is 16.5. The van der Waals surface area contributed by atoms with E-state index in [-0.39, 0.29) is 31.8 Å². The van der Waals surface area contributed by atoms with Crippen molar-refractivity contribution in [1.82, 2.24) is 10.6 Å². The van der Waals surface area contributed by atoms with Crippen molar-refractivity contribution in [3.05, 3.63) is 35.9 Å². The highest BCUT2D eigenvalue weighted by Gasteiger charge is 2.27. The van der Waals surface area contributed by atoms with Gasteiger partial charge in [0.1, 0.15) is 18.7 Å². The van der Waals surface area contributed by atoms with E-state index in [1.54, 1.807) is 24.3 Å². The number of nitrogens with one attached hydrogen (secondary N) is 2. The summed E-state index contributed by atoms with van der Waals surface area (Å²) < 4.78 is 5.04. The number of carbonyl (C=O) groups excluding carboxylic acids is 2. The Morgan fingerprint density at radius 3 is 2.18 bits per heavy atom. The maximum Gasteiger partial charge on any atom is 0.408 e. The van der Waals surface area contributed by atoms with Gasteiger partial charge in [0.2, 0.25) is 5.91 Å². The van der Waals surface area contributed by atoms with E-state index < -0.39 is 36.0 Å². The number of hydrogen-bond acceptors (Lipinski definition) is 5.